The molecule has 0 saturated carbocycles. The fourth-order valence-electron chi connectivity index (χ4n) is 6.14. The lowest BCUT2D eigenvalue weighted by Crippen LogP contribution is -2.46. The van der Waals surface area contributed by atoms with Crippen LogP contribution in [0, 0.1) is 0 Å². The second-order valence-electron chi connectivity index (χ2n) is 11.1. The number of anilines is 1. The molecule has 1 amide bonds. The molecule has 4 aromatic carbocycles. The quantitative estimate of drug-likeness (QED) is 0.152. The fourth-order valence-corrected chi connectivity index (χ4v) is 6.14. The van der Waals surface area contributed by atoms with Crippen LogP contribution >= 0.6 is 0 Å². The zero-order valence-corrected chi connectivity index (χ0v) is 25.0. The Morgan fingerprint density at radius 1 is 0.767 bits per heavy atom. The molecule has 2 heterocycles. The Kier molecular flexibility index (Phi) is 8.66. The number of carbonyl (C=O) groups excluding carboxylic acids is 1. The number of benzene rings is 4. The van der Waals surface area contributed by atoms with Crippen LogP contribution in [0.2, 0.25) is 0 Å². The monoisotopic (exact) mass is 577 g/mol. The van der Waals surface area contributed by atoms with Crippen LogP contribution in [-0.4, -0.2) is 32.5 Å². The highest BCUT2D eigenvalue weighted by atomic mass is 16.7. The normalized spacial score (nSPS) is 17.0. The van der Waals surface area contributed by atoms with Gasteiger partial charge in [0.15, 0.2) is 11.5 Å². The smallest absolute Gasteiger partial charge is 0.245 e. The Labute approximate surface area is 254 Å². The van der Waals surface area contributed by atoms with Crippen LogP contribution in [-0.2, 0) is 14.9 Å². The zero-order valence-electron chi connectivity index (χ0n) is 25.0. The number of rotatable bonds is 13. The molecule has 6 rings (SSSR count). The highest BCUT2D eigenvalue weighted by Gasteiger charge is 2.56. The van der Waals surface area contributed by atoms with Crippen molar-refractivity contribution in [2.45, 2.75) is 51.0 Å². The van der Waals surface area contributed by atoms with Crippen molar-refractivity contribution in [3.8, 4) is 17.2 Å². The third kappa shape index (κ3) is 5.36. The van der Waals surface area contributed by atoms with Gasteiger partial charge in [-0.2, -0.15) is 0 Å². The van der Waals surface area contributed by atoms with Gasteiger partial charge in [0.2, 0.25) is 12.7 Å². The van der Waals surface area contributed by atoms with Crippen LogP contribution in [0.15, 0.2) is 97.1 Å². The van der Waals surface area contributed by atoms with Crippen molar-refractivity contribution >= 4 is 11.6 Å². The number of hydrogen-bond donors (Lipinski definition) is 0. The highest BCUT2D eigenvalue weighted by molar-refractivity contribution is 6.12. The molecule has 0 aromatic heterocycles. The average Bonchev–Trinajstić information content (AvgIpc) is 3.61. The summed E-state index contributed by atoms with van der Waals surface area (Å²) in [6.45, 7) is 5.68. The molecular formula is C37H39NO5. The summed E-state index contributed by atoms with van der Waals surface area (Å²) in [7, 11) is 0. The van der Waals surface area contributed by atoms with E-state index in [1.54, 1.807) is 0 Å². The molecule has 4 aromatic rings. The molecule has 0 radical (unpaired) electrons. The van der Waals surface area contributed by atoms with Gasteiger partial charge in [-0.05, 0) is 41.7 Å². The summed E-state index contributed by atoms with van der Waals surface area (Å²) < 4.78 is 24.5. The molecule has 0 bridgehead atoms. The maximum atomic E-state index is 15.4. The number of fused-ring (bicyclic) bond motifs is 2. The molecule has 6 heteroatoms. The maximum absolute atomic E-state index is 15.4. The number of amides is 1. The van der Waals surface area contributed by atoms with Crippen LogP contribution in [0.3, 0.4) is 0 Å². The summed E-state index contributed by atoms with van der Waals surface area (Å²) in [6, 6.07) is 32.0. The van der Waals surface area contributed by atoms with Gasteiger partial charge in [0, 0.05) is 23.9 Å². The fraction of sp³-hybridized carbons (Fsp3) is 0.324. The van der Waals surface area contributed by atoms with Crippen LogP contribution in [0.5, 0.6) is 17.2 Å². The first kappa shape index (κ1) is 28.8. The second-order valence-corrected chi connectivity index (χ2v) is 11.1. The summed E-state index contributed by atoms with van der Waals surface area (Å²) in [5.41, 5.74) is 3.40. The lowest BCUT2D eigenvalue weighted by atomic mass is 9.75. The third-order valence-electron chi connectivity index (χ3n) is 8.35. The van der Waals surface area contributed by atoms with E-state index >= 15 is 4.79 Å². The topological polar surface area (TPSA) is 57.2 Å². The summed E-state index contributed by atoms with van der Waals surface area (Å²) in [4.78, 5) is 17.4. The predicted octanol–water partition coefficient (Wildman–Crippen LogP) is 7.83. The van der Waals surface area contributed by atoms with Crippen LogP contribution in [0.25, 0.3) is 0 Å². The number of nitrogens with zero attached hydrogens (tertiary/aromatic N) is 1. The number of para-hydroxylation sites is 1. The first-order valence-electron chi connectivity index (χ1n) is 15.4. The van der Waals surface area contributed by atoms with Gasteiger partial charge in [0.25, 0.3) is 0 Å². The van der Waals surface area contributed by atoms with Crippen LogP contribution < -0.4 is 19.1 Å². The van der Waals surface area contributed by atoms with Gasteiger partial charge in [0.1, 0.15) is 11.2 Å². The number of ether oxygens (including phenoxy) is 4. The average molecular weight is 578 g/mol. The minimum absolute atomic E-state index is 0.0536. The number of carbonyl (C=O) groups is 1. The minimum atomic E-state index is -1.16. The Balaban J connectivity index is 1.57. The van der Waals surface area contributed by atoms with Gasteiger partial charge < -0.3 is 18.9 Å². The van der Waals surface area contributed by atoms with Gasteiger partial charge >= 0.3 is 0 Å². The van der Waals surface area contributed by atoms with Crippen molar-refractivity contribution in [2.24, 2.45) is 0 Å². The molecule has 222 valence electrons. The molecule has 43 heavy (non-hydrogen) atoms. The third-order valence-corrected chi connectivity index (χ3v) is 8.35. The number of hydrogen-bond acceptors (Lipinski definition) is 5. The highest BCUT2D eigenvalue weighted by Crippen LogP contribution is 2.54. The van der Waals surface area contributed by atoms with Gasteiger partial charge in [-0.25, -0.2) is 0 Å². The molecule has 0 N–H and O–H groups in total. The van der Waals surface area contributed by atoms with Gasteiger partial charge in [-0.15, -0.1) is 0 Å². The lowest BCUT2D eigenvalue weighted by molar-refractivity contribution is -0.124. The summed E-state index contributed by atoms with van der Waals surface area (Å²) >= 11 is 0. The predicted molar refractivity (Wildman–Crippen MR) is 168 cm³/mol. The van der Waals surface area contributed by atoms with Crippen molar-refractivity contribution in [1.29, 1.82) is 0 Å². The first-order valence-corrected chi connectivity index (χ1v) is 15.4. The summed E-state index contributed by atoms with van der Waals surface area (Å²) in [5.74, 6) is 1.80. The number of unbranched alkanes of at least 4 members (excludes halogenated alkanes) is 2. The van der Waals surface area contributed by atoms with E-state index in [4.69, 9.17) is 18.9 Å². The standard InChI is InChI=1S/C37H39NO5/c1-3-5-21-40-25-37(30-23-33-34(43-26-42-33)24-32(30)41-22-6-4-2)29-19-13-14-20-31(29)38(36(37)39)35(27-15-9-7-10-16-27)28-17-11-8-12-18-28/h7-20,23-24,35H,3-6,21-22,25-26H2,1-2H3/t37-/m0/s1. The summed E-state index contributed by atoms with van der Waals surface area (Å²) in [5, 5.41) is 0. The van der Waals surface area contributed by atoms with E-state index in [1.165, 1.54) is 0 Å². The van der Waals surface area contributed by atoms with Crippen molar-refractivity contribution in [2.75, 3.05) is 31.5 Å². The minimum Gasteiger partial charge on any atom is -0.493 e. The molecular weight excluding hydrogens is 538 g/mol. The van der Waals surface area contributed by atoms with E-state index in [2.05, 4.69) is 44.2 Å². The molecule has 2 aliphatic heterocycles. The summed E-state index contributed by atoms with van der Waals surface area (Å²) in [6.07, 6.45) is 3.81. The maximum Gasteiger partial charge on any atom is 0.245 e. The molecule has 0 aliphatic carbocycles. The van der Waals surface area contributed by atoms with Crippen LogP contribution in [0.4, 0.5) is 5.69 Å². The van der Waals surface area contributed by atoms with Crippen molar-refractivity contribution < 1.29 is 23.7 Å². The molecule has 0 fully saturated rings. The Hall–Kier alpha value is -4.29. The second kappa shape index (κ2) is 12.9. The molecule has 6 nitrogen and oxygen atoms in total. The first-order chi connectivity index (χ1) is 21.2. The van der Waals surface area contributed by atoms with Crippen LogP contribution in [0.1, 0.15) is 67.8 Å². The van der Waals surface area contributed by atoms with E-state index in [0.717, 1.165) is 53.6 Å². The van der Waals surface area contributed by atoms with E-state index in [1.807, 2.05) is 71.6 Å². The lowest BCUT2D eigenvalue weighted by Gasteiger charge is -2.34. The zero-order chi connectivity index (χ0) is 29.6. The molecule has 2 aliphatic rings. The molecule has 0 unspecified atom stereocenters. The van der Waals surface area contributed by atoms with Crippen molar-refractivity contribution in [3.05, 3.63) is 119 Å². The van der Waals surface area contributed by atoms with Gasteiger partial charge in [-0.1, -0.05) is 106 Å². The Bertz CT molecular complexity index is 1500. The van der Waals surface area contributed by atoms with Crippen molar-refractivity contribution in [1.82, 2.24) is 0 Å². The van der Waals surface area contributed by atoms with Gasteiger partial charge in [-0.3, -0.25) is 9.69 Å². The van der Waals surface area contributed by atoms with Crippen molar-refractivity contribution in [3.63, 3.8) is 0 Å². The van der Waals surface area contributed by atoms with E-state index in [9.17, 15) is 0 Å². The molecule has 0 saturated heterocycles. The van der Waals surface area contributed by atoms with E-state index < -0.39 is 5.41 Å². The Morgan fingerprint density at radius 3 is 2.05 bits per heavy atom. The molecule has 1 atom stereocenters. The largest absolute Gasteiger partial charge is 0.493 e. The van der Waals surface area contributed by atoms with E-state index in [-0.39, 0.29) is 25.3 Å². The SMILES string of the molecule is CCCCOC[C@]1(c2cc3c(cc2OCCCC)OCO3)C(=O)N(C(c2ccccc2)c2ccccc2)c2ccccc21. The molecule has 0 spiro atoms. The van der Waals surface area contributed by atoms with Gasteiger partial charge in [0.05, 0.1) is 19.3 Å². The van der Waals surface area contributed by atoms with E-state index in [0.29, 0.717) is 30.5 Å². The Morgan fingerprint density at radius 2 is 1.37 bits per heavy atom.